The minimum Gasteiger partial charge on any atom is -0.489 e. The third-order valence-electron chi connectivity index (χ3n) is 3.74. The predicted molar refractivity (Wildman–Crippen MR) is 100 cm³/mol. The molecule has 1 heterocycles. The summed E-state index contributed by atoms with van der Waals surface area (Å²) >= 11 is 0. The summed E-state index contributed by atoms with van der Waals surface area (Å²) < 4.78 is 5.87. The Morgan fingerprint density at radius 3 is 2.85 bits per heavy atom. The smallest absolute Gasteiger partial charge is 0.324 e. The van der Waals surface area contributed by atoms with E-state index in [1.807, 2.05) is 45.0 Å². The zero-order valence-corrected chi connectivity index (χ0v) is 15.5. The topological polar surface area (TPSA) is 95.1 Å². The van der Waals surface area contributed by atoms with E-state index >= 15 is 0 Å². The van der Waals surface area contributed by atoms with Crippen molar-refractivity contribution in [3.63, 3.8) is 0 Å². The van der Waals surface area contributed by atoms with Crippen LogP contribution in [0.3, 0.4) is 0 Å². The first kappa shape index (κ1) is 19.6. The number of carbonyl (C=O) groups is 2. The van der Waals surface area contributed by atoms with Gasteiger partial charge >= 0.3 is 6.03 Å². The van der Waals surface area contributed by atoms with Crippen molar-refractivity contribution in [2.45, 2.75) is 26.9 Å². The first-order chi connectivity index (χ1) is 12.5. The van der Waals surface area contributed by atoms with Crippen LogP contribution in [0.1, 0.15) is 19.4 Å². The zero-order valence-electron chi connectivity index (χ0n) is 15.5. The van der Waals surface area contributed by atoms with Crippen LogP contribution < -0.4 is 20.7 Å². The second kappa shape index (κ2) is 9.65. The Kier molecular flexibility index (Phi) is 7.25. The van der Waals surface area contributed by atoms with Crippen LogP contribution in [0, 0.1) is 6.92 Å². The van der Waals surface area contributed by atoms with Gasteiger partial charge in [0.1, 0.15) is 11.9 Å². The fourth-order valence-electron chi connectivity index (χ4n) is 2.49. The SMILES string of the molecule is CCNC(=NCC(C)Oc1cccc(C)c1)NCCN1C(=O)CNC1=O. The molecule has 26 heavy (non-hydrogen) atoms. The Bertz CT molecular complexity index is 646. The number of amides is 3. The van der Waals surface area contributed by atoms with Crippen LogP contribution in [0.25, 0.3) is 0 Å². The molecule has 1 unspecified atom stereocenters. The zero-order chi connectivity index (χ0) is 18.9. The maximum Gasteiger partial charge on any atom is 0.324 e. The molecular weight excluding hydrogens is 334 g/mol. The van der Waals surface area contributed by atoms with Gasteiger partial charge in [-0.2, -0.15) is 0 Å². The van der Waals surface area contributed by atoms with E-state index < -0.39 is 0 Å². The molecule has 3 N–H and O–H groups in total. The van der Waals surface area contributed by atoms with Gasteiger partial charge in [0.15, 0.2) is 5.96 Å². The number of benzene rings is 1. The van der Waals surface area contributed by atoms with Crippen molar-refractivity contribution < 1.29 is 14.3 Å². The number of carbonyl (C=O) groups excluding carboxylic acids is 2. The van der Waals surface area contributed by atoms with Crippen LogP contribution in [-0.2, 0) is 4.79 Å². The molecule has 1 saturated heterocycles. The van der Waals surface area contributed by atoms with Crippen LogP contribution in [0.4, 0.5) is 4.79 Å². The second-order valence-electron chi connectivity index (χ2n) is 6.10. The van der Waals surface area contributed by atoms with E-state index in [2.05, 4.69) is 20.9 Å². The number of hydrogen-bond acceptors (Lipinski definition) is 4. The molecule has 1 atom stereocenters. The summed E-state index contributed by atoms with van der Waals surface area (Å²) in [6, 6.07) is 7.55. The number of hydrogen-bond donors (Lipinski definition) is 3. The van der Waals surface area contributed by atoms with Crippen LogP contribution in [0.2, 0.25) is 0 Å². The van der Waals surface area contributed by atoms with Crippen molar-refractivity contribution in [1.29, 1.82) is 0 Å². The van der Waals surface area contributed by atoms with Crippen molar-refractivity contribution in [2.24, 2.45) is 4.99 Å². The minimum atomic E-state index is -0.348. The lowest BCUT2D eigenvalue weighted by Gasteiger charge is -2.17. The second-order valence-corrected chi connectivity index (χ2v) is 6.10. The average molecular weight is 361 g/mol. The maximum absolute atomic E-state index is 11.6. The lowest BCUT2D eigenvalue weighted by molar-refractivity contribution is -0.124. The van der Waals surface area contributed by atoms with Crippen LogP contribution in [-0.4, -0.2) is 61.6 Å². The molecule has 1 aliphatic heterocycles. The molecule has 0 spiro atoms. The molecule has 142 valence electrons. The lowest BCUT2D eigenvalue weighted by atomic mass is 10.2. The molecule has 0 radical (unpaired) electrons. The van der Waals surface area contributed by atoms with Gasteiger partial charge < -0.3 is 20.7 Å². The lowest BCUT2D eigenvalue weighted by Crippen LogP contribution is -2.43. The Labute approximate surface area is 154 Å². The third-order valence-corrected chi connectivity index (χ3v) is 3.74. The van der Waals surface area contributed by atoms with Gasteiger partial charge in [0.25, 0.3) is 0 Å². The highest BCUT2D eigenvalue weighted by atomic mass is 16.5. The molecule has 1 aromatic carbocycles. The number of rotatable bonds is 8. The van der Waals surface area contributed by atoms with Gasteiger partial charge in [0.05, 0.1) is 13.1 Å². The van der Waals surface area contributed by atoms with Gasteiger partial charge in [0, 0.05) is 19.6 Å². The number of nitrogens with one attached hydrogen (secondary N) is 3. The average Bonchev–Trinajstić information content (AvgIpc) is 2.91. The van der Waals surface area contributed by atoms with E-state index in [1.165, 1.54) is 4.90 Å². The van der Waals surface area contributed by atoms with Crippen molar-refractivity contribution >= 4 is 17.9 Å². The Morgan fingerprint density at radius 1 is 1.38 bits per heavy atom. The number of aryl methyl sites for hydroxylation is 1. The maximum atomic E-state index is 11.6. The van der Waals surface area contributed by atoms with Gasteiger partial charge in [-0.05, 0) is 38.5 Å². The number of nitrogens with zero attached hydrogens (tertiary/aromatic N) is 2. The summed E-state index contributed by atoms with van der Waals surface area (Å²) in [5.74, 6) is 1.24. The van der Waals surface area contributed by atoms with Crippen molar-refractivity contribution in [3.8, 4) is 5.75 Å². The van der Waals surface area contributed by atoms with E-state index in [1.54, 1.807) is 0 Å². The molecular formula is C18H27N5O3. The monoisotopic (exact) mass is 361 g/mol. The van der Waals surface area contributed by atoms with Crippen LogP contribution >= 0.6 is 0 Å². The number of guanidine groups is 1. The molecule has 8 nitrogen and oxygen atoms in total. The largest absolute Gasteiger partial charge is 0.489 e. The van der Waals surface area contributed by atoms with E-state index in [0.29, 0.717) is 32.1 Å². The fourth-order valence-corrected chi connectivity index (χ4v) is 2.49. The van der Waals surface area contributed by atoms with Gasteiger partial charge in [-0.1, -0.05) is 12.1 Å². The van der Waals surface area contributed by atoms with Crippen molar-refractivity contribution in [3.05, 3.63) is 29.8 Å². The molecule has 1 aromatic rings. The molecule has 0 aromatic heterocycles. The normalized spacial score (nSPS) is 15.7. The third kappa shape index (κ3) is 5.94. The highest BCUT2D eigenvalue weighted by Crippen LogP contribution is 2.14. The highest BCUT2D eigenvalue weighted by Gasteiger charge is 2.27. The first-order valence-electron chi connectivity index (χ1n) is 8.83. The number of ether oxygens (including phenoxy) is 1. The predicted octanol–water partition coefficient (Wildman–Crippen LogP) is 0.869. The Hall–Kier alpha value is -2.77. The van der Waals surface area contributed by atoms with E-state index in [-0.39, 0.29) is 24.6 Å². The standard InChI is InChI=1S/C18H27N5O3/c1-4-19-17(20-8-9-23-16(24)12-22-18(23)25)21-11-14(3)26-15-7-5-6-13(2)10-15/h5-7,10,14H,4,8-9,11-12H2,1-3H3,(H,22,25)(H2,19,20,21). The Morgan fingerprint density at radius 2 is 2.19 bits per heavy atom. The summed E-state index contributed by atoms with van der Waals surface area (Å²) in [7, 11) is 0. The molecule has 1 fully saturated rings. The van der Waals surface area contributed by atoms with Crippen molar-refractivity contribution in [1.82, 2.24) is 20.9 Å². The van der Waals surface area contributed by atoms with Crippen LogP contribution in [0.5, 0.6) is 5.75 Å². The summed E-state index contributed by atoms with van der Waals surface area (Å²) in [6.45, 7) is 7.94. The summed E-state index contributed by atoms with van der Waals surface area (Å²) in [5, 5.41) is 8.76. The summed E-state index contributed by atoms with van der Waals surface area (Å²) in [4.78, 5) is 28.7. The molecule has 8 heteroatoms. The highest BCUT2D eigenvalue weighted by molar-refractivity contribution is 6.01. The van der Waals surface area contributed by atoms with E-state index in [9.17, 15) is 9.59 Å². The molecule has 3 amide bonds. The number of urea groups is 1. The molecule has 2 rings (SSSR count). The van der Waals surface area contributed by atoms with Gasteiger partial charge in [0.2, 0.25) is 5.91 Å². The first-order valence-corrected chi connectivity index (χ1v) is 8.83. The molecule has 0 saturated carbocycles. The van der Waals surface area contributed by atoms with E-state index in [0.717, 1.165) is 11.3 Å². The van der Waals surface area contributed by atoms with Gasteiger partial charge in [-0.15, -0.1) is 0 Å². The minimum absolute atomic E-state index is 0.0702. The summed E-state index contributed by atoms with van der Waals surface area (Å²) in [6.07, 6.45) is -0.0850. The number of aliphatic imine (C=N–C) groups is 1. The molecule has 1 aliphatic rings. The molecule has 0 bridgehead atoms. The number of imide groups is 1. The molecule has 0 aliphatic carbocycles. The van der Waals surface area contributed by atoms with E-state index in [4.69, 9.17) is 4.74 Å². The van der Waals surface area contributed by atoms with Gasteiger partial charge in [-0.25, -0.2) is 9.79 Å². The van der Waals surface area contributed by atoms with Crippen LogP contribution in [0.15, 0.2) is 29.3 Å². The van der Waals surface area contributed by atoms with Gasteiger partial charge in [-0.3, -0.25) is 9.69 Å². The summed E-state index contributed by atoms with van der Waals surface area (Å²) in [5.41, 5.74) is 1.15. The fraction of sp³-hybridized carbons (Fsp3) is 0.500. The Balaban J connectivity index is 1.81. The quantitative estimate of drug-likeness (QED) is 0.363. The van der Waals surface area contributed by atoms with Crippen molar-refractivity contribution in [2.75, 3.05) is 32.7 Å².